The number of anilines is 1. The van der Waals surface area contributed by atoms with Crippen LogP contribution in [0.2, 0.25) is 4.34 Å². The van der Waals surface area contributed by atoms with Crippen LogP contribution in [0.15, 0.2) is 35.7 Å². The van der Waals surface area contributed by atoms with E-state index in [1.165, 1.54) is 22.7 Å². The number of halogens is 1. The third kappa shape index (κ3) is 5.38. The number of thiazole rings is 1. The van der Waals surface area contributed by atoms with Gasteiger partial charge in [0.1, 0.15) is 0 Å². The number of benzene rings is 1. The number of carbonyl (C=O) groups excluding carboxylic acids is 1. The van der Waals surface area contributed by atoms with Crippen molar-refractivity contribution in [2.45, 2.75) is 5.75 Å². The van der Waals surface area contributed by atoms with E-state index < -0.39 is 0 Å². The number of amides is 1. The molecule has 1 amide bonds. The normalized spacial score (nSPS) is 10.6. The molecule has 1 aromatic carbocycles. The lowest BCUT2D eigenvalue weighted by atomic mass is 10.1. The summed E-state index contributed by atoms with van der Waals surface area (Å²) in [4.78, 5) is 17.8. The fourth-order valence-corrected chi connectivity index (χ4v) is 5.05. The highest BCUT2D eigenvalue weighted by Crippen LogP contribution is 2.33. The lowest BCUT2D eigenvalue weighted by Crippen LogP contribution is -2.13. The van der Waals surface area contributed by atoms with Gasteiger partial charge in [0.15, 0.2) is 16.6 Å². The Morgan fingerprint density at radius 3 is 2.74 bits per heavy atom. The predicted octanol–water partition coefficient (Wildman–Crippen LogP) is 5.41. The fraction of sp³-hybridized carbons (Fsp3) is 0.222. The molecule has 0 unspecified atom stereocenters. The number of hydrogen-bond donors (Lipinski definition) is 1. The number of aromatic nitrogens is 1. The highest BCUT2D eigenvalue weighted by Gasteiger charge is 2.11. The topological polar surface area (TPSA) is 60.5 Å². The van der Waals surface area contributed by atoms with Gasteiger partial charge in [-0.05, 0) is 30.3 Å². The maximum atomic E-state index is 12.1. The molecule has 142 valence electrons. The zero-order valence-electron chi connectivity index (χ0n) is 14.7. The zero-order valence-corrected chi connectivity index (χ0v) is 17.9. The van der Waals surface area contributed by atoms with Crippen LogP contribution in [0.3, 0.4) is 0 Å². The number of hydrogen-bond acceptors (Lipinski definition) is 7. The van der Waals surface area contributed by atoms with Gasteiger partial charge >= 0.3 is 0 Å². The van der Waals surface area contributed by atoms with Crippen LogP contribution in [0.25, 0.3) is 11.3 Å². The van der Waals surface area contributed by atoms with Crippen LogP contribution in [-0.4, -0.2) is 30.9 Å². The van der Waals surface area contributed by atoms with Gasteiger partial charge in [0, 0.05) is 21.6 Å². The Hall–Kier alpha value is -1.74. The minimum Gasteiger partial charge on any atom is -0.493 e. The number of carbonyl (C=O) groups is 1. The van der Waals surface area contributed by atoms with Gasteiger partial charge in [-0.25, -0.2) is 4.98 Å². The molecule has 0 bridgehead atoms. The Kier molecular flexibility index (Phi) is 7.01. The summed E-state index contributed by atoms with van der Waals surface area (Å²) in [5.41, 5.74) is 1.67. The summed E-state index contributed by atoms with van der Waals surface area (Å²) in [5, 5.41) is 5.32. The summed E-state index contributed by atoms with van der Waals surface area (Å²) >= 11 is 10.4. The van der Waals surface area contributed by atoms with Gasteiger partial charge in [0.2, 0.25) is 5.91 Å². The Labute approximate surface area is 174 Å². The zero-order chi connectivity index (χ0) is 19.2. The third-order valence-corrected chi connectivity index (χ3v) is 6.69. The molecular formula is C18H17ClN2O3S3. The van der Waals surface area contributed by atoms with Crippen LogP contribution in [-0.2, 0) is 10.5 Å². The number of thiophene rings is 1. The number of rotatable bonds is 8. The minimum absolute atomic E-state index is 0.0733. The fourth-order valence-electron chi connectivity index (χ4n) is 2.29. The molecule has 0 atom stereocenters. The monoisotopic (exact) mass is 440 g/mol. The summed E-state index contributed by atoms with van der Waals surface area (Å²) in [5.74, 6) is 2.35. The predicted molar refractivity (Wildman–Crippen MR) is 115 cm³/mol. The molecular weight excluding hydrogens is 424 g/mol. The lowest BCUT2D eigenvalue weighted by Gasteiger charge is -2.08. The van der Waals surface area contributed by atoms with Gasteiger partial charge < -0.3 is 14.8 Å². The summed E-state index contributed by atoms with van der Waals surface area (Å²) in [6, 6.07) is 9.45. The van der Waals surface area contributed by atoms with Gasteiger partial charge in [-0.2, -0.15) is 0 Å². The van der Waals surface area contributed by atoms with Crippen molar-refractivity contribution in [1.29, 1.82) is 0 Å². The van der Waals surface area contributed by atoms with Crippen LogP contribution >= 0.6 is 46.0 Å². The van der Waals surface area contributed by atoms with Gasteiger partial charge in [0.25, 0.3) is 0 Å². The maximum absolute atomic E-state index is 12.1. The highest BCUT2D eigenvalue weighted by atomic mass is 35.5. The molecule has 0 saturated heterocycles. The molecule has 3 aromatic rings. The molecule has 0 aliphatic carbocycles. The number of thioether (sulfide) groups is 1. The SMILES string of the molecule is COc1ccc(-c2csc(NC(=O)CSCc3ccc(Cl)s3)n2)cc1OC. The molecule has 5 nitrogen and oxygen atoms in total. The van der Waals surface area contributed by atoms with E-state index in [2.05, 4.69) is 10.3 Å². The molecule has 2 heterocycles. The van der Waals surface area contributed by atoms with E-state index in [4.69, 9.17) is 21.1 Å². The summed E-state index contributed by atoms with van der Waals surface area (Å²) < 4.78 is 11.3. The van der Waals surface area contributed by atoms with E-state index >= 15 is 0 Å². The average molecular weight is 441 g/mol. The van der Waals surface area contributed by atoms with E-state index in [1.54, 1.807) is 26.0 Å². The van der Waals surface area contributed by atoms with E-state index in [0.29, 0.717) is 22.4 Å². The quantitative estimate of drug-likeness (QED) is 0.507. The second-order valence-electron chi connectivity index (χ2n) is 5.35. The minimum atomic E-state index is -0.0733. The summed E-state index contributed by atoms with van der Waals surface area (Å²) in [6.45, 7) is 0. The van der Waals surface area contributed by atoms with Gasteiger partial charge in [0.05, 0.1) is 30.0 Å². The van der Waals surface area contributed by atoms with Crippen molar-refractivity contribution in [1.82, 2.24) is 4.98 Å². The number of nitrogens with zero attached hydrogens (tertiary/aromatic N) is 1. The maximum Gasteiger partial charge on any atom is 0.236 e. The van der Waals surface area contributed by atoms with Crippen molar-refractivity contribution in [2.24, 2.45) is 0 Å². The van der Waals surface area contributed by atoms with Crippen molar-refractivity contribution < 1.29 is 14.3 Å². The van der Waals surface area contributed by atoms with E-state index in [0.717, 1.165) is 26.2 Å². The molecule has 0 fully saturated rings. The first-order chi connectivity index (χ1) is 13.1. The van der Waals surface area contributed by atoms with Crippen molar-refractivity contribution >= 4 is 57.1 Å². The van der Waals surface area contributed by atoms with Crippen molar-refractivity contribution in [2.75, 3.05) is 25.3 Å². The number of ether oxygens (including phenoxy) is 2. The molecule has 0 saturated carbocycles. The van der Waals surface area contributed by atoms with Crippen molar-refractivity contribution in [3.63, 3.8) is 0 Å². The van der Waals surface area contributed by atoms with Crippen molar-refractivity contribution in [3.05, 3.63) is 44.9 Å². The van der Waals surface area contributed by atoms with E-state index in [-0.39, 0.29) is 5.91 Å². The molecule has 0 spiro atoms. The molecule has 9 heteroatoms. The average Bonchev–Trinajstić information content (AvgIpc) is 3.30. The summed E-state index contributed by atoms with van der Waals surface area (Å²) in [6.07, 6.45) is 0. The largest absolute Gasteiger partial charge is 0.493 e. The second kappa shape index (κ2) is 9.45. The van der Waals surface area contributed by atoms with Gasteiger partial charge in [-0.15, -0.1) is 34.4 Å². The van der Waals surface area contributed by atoms with Gasteiger partial charge in [-0.3, -0.25) is 4.79 Å². The second-order valence-corrected chi connectivity index (χ2v) is 9.00. The Balaban J connectivity index is 1.56. The molecule has 27 heavy (non-hydrogen) atoms. The third-order valence-electron chi connectivity index (χ3n) is 3.54. The molecule has 1 N–H and O–H groups in total. The molecule has 3 rings (SSSR count). The standard InChI is InChI=1S/C18H17ClN2O3S3/c1-23-14-5-3-11(7-15(14)24-2)13-9-26-18(20-13)21-17(22)10-25-8-12-4-6-16(19)27-12/h3-7,9H,8,10H2,1-2H3,(H,20,21,22). The van der Waals surface area contributed by atoms with Crippen LogP contribution in [0.4, 0.5) is 5.13 Å². The Bertz CT molecular complexity index is 926. The smallest absolute Gasteiger partial charge is 0.236 e. The van der Waals surface area contributed by atoms with Gasteiger partial charge in [-0.1, -0.05) is 11.6 Å². The number of nitrogens with one attached hydrogen (secondary N) is 1. The molecule has 0 aliphatic rings. The van der Waals surface area contributed by atoms with Crippen LogP contribution in [0, 0.1) is 0 Å². The van der Waals surface area contributed by atoms with Crippen LogP contribution in [0.1, 0.15) is 4.88 Å². The Morgan fingerprint density at radius 2 is 2.04 bits per heavy atom. The van der Waals surface area contributed by atoms with Crippen LogP contribution in [0.5, 0.6) is 11.5 Å². The molecule has 2 aromatic heterocycles. The van der Waals surface area contributed by atoms with E-state index in [1.807, 2.05) is 35.7 Å². The van der Waals surface area contributed by atoms with Crippen molar-refractivity contribution in [3.8, 4) is 22.8 Å². The highest BCUT2D eigenvalue weighted by molar-refractivity contribution is 7.99. The van der Waals surface area contributed by atoms with E-state index in [9.17, 15) is 4.79 Å². The Morgan fingerprint density at radius 1 is 1.22 bits per heavy atom. The van der Waals surface area contributed by atoms with Crippen LogP contribution < -0.4 is 14.8 Å². The first-order valence-electron chi connectivity index (χ1n) is 7.88. The molecule has 0 radical (unpaired) electrons. The lowest BCUT2D eigenvalue weighted by molar-refractivity contribution is -0.113. The number of methoxy groups -OCH3 is 2. The summed E-state index contributed by atoms with van der Waals surface area (Å²) in [7, 11) is 3.19. The first kappa shape index (κ1) is 20.0. The first-order valence-corrected chi connectivity index (χ1v) is 11.1. The molecule has 0 aliphatic heterocycles.